The number of hydrogen-bond donors (Lipinski definition) is 1. The van der Waals surface area contributed by atoms with E-state index in [4.69, 9.17) is 4.74 Å². The molecule has 1 aliphatic heterocycles. The van der Waals surface area contributed by atoms with Crippen molar-refractivity contribution in [1.82, 2.24) is 14.5 Å². The molecule has 0 unspecified atom stereocenters. The Morgan fingerprint density at radius 1 is 1.06 bits per heavy atom. The van der Waals surface area contributed by atoms with Crippen LogP contribution in [0.15, 0.2) is 48.8 Å². The average Bonchev–Trinajstić information content (AvgIpc) is 3.59. The SMILES string of the molecule is CCOC(=O)[C@@H]1CCCN(C(=O)c2cc(NC(=O)c3ccccc3)cc3ncn(C4CCCC4)c23)C1. The van der Waals surface area contributed by atoms with E-state index in [9.17, 15) is 14.4 Å². The van der Waals surface area contributed by atoms with Gasteiger partial charge in [-0.05, 0) is 56.9 Å². The number of anilines is 1. The second-order valence-corrected chi connectivity index (χ2v) is 9.64. The Morgan fingerprint density at radius 2 is 1.83 bits per heavy atom. The van der Waals surface area contributed by atoms with Gasteiger partial charge in [-0.2, -0.15) is 0 Å². The van der Waals surface area contributed by atoms with Crippen LogP contribution in [-0.4, -0.2) is 51.9 Å². The lowest BCUT2D eigenvalue weighted by atomic mass is 9.97. The van der Waals surface area contributed by atoms with Crippen LogP contribution in [-0.2, 0) is 9.53 Å². The first-order chi connectivity index (χ1) is 17.5. The maximum atomic E-state index is 13.9. The van der Waals surface area contributed by atoms with E-state index in [0.717, 1.165) is 37.6 Å². The maximum Gasteiger partial charge on any atom is 0.310 e. The van der Waals surface area contributed by atoms with E-state index in [1.54, 1.807) is 30.0 Å². The highest BCUT2D eigenvalue weighted by molar-refractivity contribution is 6.09. The van der Waals surface area contributed by atoms with Gasteiger partial charge in [0.1, 0.15) is 0 Å². The number of benzene rings is 2. The highest BCUT2D eigenvalue weighted by atomic mass is 16.5. The van der Waals surface area contributed by atoms with Crippen molar-refractivity contribution in [1.29, 1.82) is 0 Å². The van der Waals surface area contributed by atoms with Crippen molar-refractivity contribution in [2.24, 2.45) is 5.92 Å². The number of fused-ring (bicyclic) bond motifs is 1. The third-order valence-corrected chi connectivity index (χ3v) is 7.24. The van der Waals surface area contributed by atoms with Gasteiger partial charge in [-0.15, -0.1) is 0 Å². The number of rotatable bonds is 6. The smallest absolute Gasteiger partial charge is 0.310 e. The average molecular weight is 489 g/mol. The van der Waals surface area contributed by atoms with Crippen molar-refractivity contribution in [2.45, 2.75) is 51.5 Å². The lowest BCUT2D eigenvalue weighted by molar-refractivity contribution is -0.149. The fourth-order valence-corrected chi connectivity index (χ4v) is 5.44. The minimum absolute atomic E-state index is 0.149. The van der Waals surface area contributed by atoms with E-state index in [2.05, 4.69) is 14.9 Å². The molecular weight excluding hydrogens is 456 g/mol. The van der Waals surface area contributed by atoms with Crippen molar-refractivity contribution < 1.29 is 19.1 Å². The summed E-state index contributed by atoms with van der Waals surface area (Å²) in [6, 6.07) is 12.9. The predicted octanol–water partition coefficient (Wildman–Crippen LogP) is 4.82. The zero-order valence-electron chi connectivity index (χ0n) is 20.6. The summed E-state index contributed by atoms with van der Waals surface area (Å²) < 4.78 is 7.36. The summed E-state index contributed by atoms with van der Waals surface area (Å²) in [5.41, 5.74) is 3.04. The number of piperidine rings is 1. The van der Waals surface area contributed by atoms with Gasteiger partial charge in [-0.25, -0.2) is 4.98 Å². The predicted molar refractivity (Wildman–Crippen MR) is 137 cm³/mol. The molecule has 1 saturated carbocycles. The quantitative estimate of drug-likeness (QED) is 0.502. The molecule has 2 aromatic carbocycles. The summed E-state index contributed by atoms with van der Waals surface area (Å²) in [7, 11) is 0. The van der Waals surface area contributed by atoms with Crippen molar-refractivity contribution in [3.8, 4) is 0 Å². The van der Waals surface area contributed by atoms with Gasteiger partial charge in [0.25, 0.3) is 11.8 Å². The standard InChI is InChI=1S/C28H32N4O4/c1-2-36-28(35)20-11-8-14-31(17-20)27(34)23-15-21(30-26(33)19-9-4-3-5-10-19)16-24-25(23)32(18-29-24)22-12-6-7-13-22/h3-5,9-10,15-16,18,20,22H,2,6-8,11-14,17H2,1H3,(H,30,33)/t20-/m1/s1. The molecule has 2 fully saturated rings. The highest BCUT2D eigenvalue weighted by Gasteiger charge is 2.32. The molecular formula is C28H32N4O4. The first-order valence-electron chi connectivity index (χ1n) is 12.9. The van der Waals surface area contributed by atoms with Crippen LogP contribution >= 0.6 is 0 Å². The van der Waals surface area contributed by atoms with Crippen molar-refractivity contribution in [3.05, 3.63) is 59.9 Å². The van der Waals surface area contributed by atoms with Crippen LogP contribution in [0.5, 0.6) is 0 Å². The zero-order chi connectivity index (χ0) is 25.1. The molecule has 8 heteroatoms. The largest absolute Gasteiger partial charge is 0.466 e. The molecule has 1 atom stereocenters. The number of imidazole rings is 1. The van der Waals surface area contributed by atoms with Gasteiger partial charge < -0.3 is 19.5 Å². The van der Waals surface area contributed by atoms with Gasteiger partial charge in [0.15, 0.2) is 0 Å². The van der Waals surface area contributed by atoms with E-state index >= 15 is 0 Å². The molecule has 0 radical (unpaired) electrons. The molecule has 2 amide bonds. The summed E-state index contributed by atoms with van der Waals surface area (Å²) in [4.78, 5) is 45.5. The summed E-state index contributed by atoms with van der Waals surface area (Å²) in [5.74, 6) is -0.965. The molecule has 0 spiro atoms. The molecule has 1 aromatic heterocycles. The molecule has 8 nitrogen and oxygen atoms in total. The molecule has 2 aliphatic rings. The topological polar surface area (TPSA) is 93.5 Å². The molecule has 1 saturated heterocycles. The Hall–Kier alpha value is -3.68. The molecule has 5 rings (SSSR count). The third-order valence-electron chi connectivity index (χ3n) is 7.24. The van der Waals surface area contributed by atoms with Crippen LogP contribution in [0.4, 0.5) is 5.69 Å². The van der Waals surface area contributed by atoms with Gasteiger partial charge >= 0.3 is 5.97 Å². The fraction of sp³-hybridized carbons (Fsp3) is 0.429. The summed E-state index contributed by atoms with van der Waals surface area (Å²) >= 11 is 0. The summed E-state index contributed by atoms with van der Waals surface area (Å²) in [6.45, 7) is 3.03. The van der Waals surface area contributed by atoms with Crippen molar-refractivity contribution >= 4 is 34.5 Å². The lowest BCUT2D eigenvalue weighted by Crippen LogP contribution is -2.43. The number of nitrogens with one attached hydrogen (secondary N) is 1. The number of esters is 1. The van der Waals surface area contributed by atoms with Crippen LogP contribution in [0.25, 0.3) is 11.0 Å². The molecule has 3 aromatic rings. The Labute approximate surface area is 210 Å². The molecule has 1 aliphatic carbocycles. The normalized spacial score (nSPS) is 18.4. The second kappa shape index (κ2) is 10.5. The maximum absolute atomic E-state index is 13.9. The summed E-state index contributed by atoms with van der Waals surface area (Å²) in [5, 5.41) is 2.94. The van der Waals surface area contributed by atoms with Crippen LogP contribution in [0.1, 0.15) is 72.2 Å². The second-order valence-electron chi connectivity index (χ2n) is 9.64. The number of nitrogens with zero attached hydrogens (tertiary/aromatic N) is 3. The number of aromatic nitrogens is 2. The van der Waals surface area contributed by atoms with E-state index in [-0.39, 0.29) is 23.7 Å². The van der Waals surface area contributed by atoms with Gasteiger partial charge in [-0.3, -0.25) is 14.4 Å². The number of likely N-dealkylation sites (tertiary alicyclic amines) is 1. The lowest BCUT2D eigenvalue weighted by Gasteiger charge is -2.32. The Kier molecular flexibility index (Phi) is 7.02. The molecule has 1 N–H and O–H groups in total. The fourth-order valence-electron chi connectivity index (χ4n) is 5.44. The van der Waals surface area contributed by atoms with E-state index < -0.39 is 0 Å². The number of amides is 2. The molecule has 36 heavy (non-hydrogen) atoms. The highest BCUT2D eigenvalue weighted by Crippen LogP contribution is 2.35. The number of ether oxygens (including phenoxy) is 1. The van der Waals surface area contributed by atoms with Crippen LogP contribution in [0, 0.1) is 5.92 Å². The Bertz CT molecular complexity index is 1260. The molecule has 188 valence electrons. The first-order valence-corrected chi connectivity index (χ1v) is 12.9. The first kappa shape index (κ1) is 24.0. The van der Waals surface area contributed by atoms with Crippen LogP contribution < -0.4 is 5.32 Å². The molecule has 0 bridgehead atoms. The zero-order valence-corrected chi connectivity index (χ0v) is 20.6. The number of hydrogen-bond acceptors (Lipinski definition) is 5. The monoisotopic (exact) mass is 488 g/mol. The minimum atomic E-state index is -0.321. The van der Waals surface area contributed by atoms with Gasteiger partial charge in [-0.1, -0.05) is 31.0 Å². The van der Waals surface area contributed by atoms with E-state index in [0.29, 0.717) is 54.5 Å². The van der Waals surface area contributed by atoms with E-state index in [1.165, 1.54) is 0 Å². The van der Waals surface area contributed by atoms with Crippen molar-refractivity contribution in [2.75, 3.05) is 25.0 Å². The van der Waals surface area contributed by atoms with Crippen molar-refractivity contribution in [3.63, 3.8) is 0 Å². The molecule has 2 heterocycles. The Morgan fingerprint density at radius 3 is 2.58 bits per heavy atom. The van der Waals surface area contributed by atoms with Crippen LogP contribution in [0.2, 0.25) is 0 Å². The minimum Gasteiger partial charge on any atom is -0.466 e. The van der Waals surface area contributed by atoms with Crippen LogP contribution in [0.3, 0.4) is 0 Å². The van der Waals surface area contributed by atoms with E-state index in [1.807, 2.05) is 30.6 Å². The van der Waals surface area contributed by atoms with Gasteiger partial charge in [0, 0.05) is 30.4 Å². The third kappa shape index (κ3) is 4.85. The summed E-state index contributed by atoms with van der Waals surface area (Å²) in [6.07, 6.45) is 7.70. The number of carbonyl (C=O) groups excluding carboxylic acids is 3. The Balaban J connectivity index is 1.50. The van der Waals surface area contributed by atoms with Gasteiger partial charge in [0.05, 0.1) is 35.4 Å². The van der Waals surface area contributed by atoms with Gasteiger partial charge in [0.2, 0.25) is 0 Å². The number of carbonyl (C=O) groups is 3.